The van der Waals surface area contributed by atoms with E-state index < -0.39 is 0 Å². The first kappa shape index (κ1) is 9.15. The molecule has 0 aliphatic heterocycles. The maximum absolute atomic E-state index is 5.44. The molecule has 12 heavy (non-hydrogen) atoms. The Morgan fingerprint density at radius 3 is 3.00 bits per heavy atom. The van der Waals surface area contributed by atoms with E-state index in [4.69, 9.17) is 5.73 Å². The molecule has 0 aliphatic carbocycles. The fourth-order valence-corrected chi connectivity index (χ4v) is 0.838. The van der Waals surface area contributed by atoms with E-state index in [0.717, 1.165) is 12.2 Å². The van der Waals surface area contributed by atoms with Crippen LogP contribution in [0.3, 0.4) is 0 Å². The smallest absolute Gasteiger partial charge is 0.0964 e. The van der Waals surface area contributed by atoms with Crippen LogP contribution in [-0.2, 0) is 13.6 Å². The Balaban J connectivity index is 2.33. The van der Waals surface area contributed by atoms with Crippen molar-refractivity contribution >= 4 is 0 Å². The van der Waals surface area contributed by atoms with Gasteiger partial charge in [0.1, 0.15) is 0 Å². The number of hydrogen-bond acceptors (Lipinski definition) is 4. The number of nitrogens with two attached hydrogens (primary N) is 1. The van der Waals surface area contributed by atoms with Crippen molar-refractivity contribution < 1.29 is 0 Å². The summed E-state index contributed by atoms with van der Waals surface area (Å²) in [6.07, 6.45) is 1.89. The first-order chi connectivity index (χ1) is 5.72. The van der Waals surface area contributed by atoms with Gasteiger partial charge in [0.2, 0.25) is 0 Å². The lowest BCUT2D eigenvalue weighted by Crippen LogP contribution is -2.32. The monoisotopic (exact) mass is 169 g/mol. The molecule has 1 heterocycles. The van der Waals surface area contributed by atoms with Crippen LogP contribution in [0.1, 0.15) is 12.6 Å². The lowest BCUT2D eigenvalue weighted by atomic mass is 10.3. The van der Waals surface area contributed by atoms with Gasteiger partial charge < -0.3 is 11.1 Å². The minimum Gasteiger partial charge on any atom is -0.329 e. The minimum absolute atomic E-state index is 0.326. The Morgan fingerprint density at radius 2 is 2.50 bits per heavy atom. The Hall–Kier alpha value is -0.940. The van der Waals surface area contributed by atoms with Crippen molar-refractivity contribution in [2.45, 2.75) is 19.5 Å². The zero-order valence-corrected chi connectivity index (χ0v) is 7.49. The molecule has 0 amide bonds. The van der Waals surface area contributed by atoms with E-state index in [-0.39, 0.29) is 0 Å². The Bertz CT molecular complexity index is 231. The van der Waals surface area contributed by atoms with Gasteiger partial charge in [-0.25, -0.2) is 0 Å². The first-order valence-corrected chi connectivity index (χ1v) is 4.01. The van der Waals surface area contributed by atoms with Crippen LogP contribution in [0.15, 0.2) is 6.20 Å². The molecule has 0 aliphatic rings. The van der Waals surface area contributed by atoms with Gasteiger partial charge in [0.25, 0.3) is 0 Å². The predicted octanol–water partition coefficient (Wildman–Crippen LogP) is -0.748. The third-order valence-corrected chi connectivity index (χ3v) is 1.64. The number of hydrogen-bond donors (Lipinski definition) is 2. The molecule has 68 valence electrons. The molecule has 0 saturated heterocycles. The molecule has 0 radical (unpaired) electrons. The molecule has 1 atom stereocenters. The average molecular weight is 169 g/mol. The van der Waals surface area contributed by atoms with Crippen LogP contribution in [0, 0.1) is 0 Å². The molecule has 0 bridgehead atoms. The van der Waals surface area contributed by atoms with Crippen molar-refractivity contribution in [3.63, 3.8) is 0 Å². The number of aryl methyl sites for hydroxylation is 1. The molecule has 3 N–H and O–H groups in total. The zero-order valence-electron chi connectivity index (χ0n) is 7.49. The molecule has 5 heteroatoms. The molecular weight excluding hydrogens is 154 g/mol. The van der Waals surface area contributed by atoms with Crippen molar-refractivity contribution in [1.82, 2.24) is 20.3 Å². The Labute approximate surface area is 71.9 Å². The summed E-state index contributed by atoms with van der Waals surface area (Å²) in [4.78, 5) is 0. The van der Waals surface area contributed by atoms with E-state index in [2.05, 4.69) is 15.6 Å². The molecule has 0 fully saturated rings. The van der Waals surface area contributed by atoms with Gasteiger partial charge in [-0.05, 0) is 6.92 Å². The second kappa shape index (κ2) is 4.18. The molecule has 0 aromatic carbocycles. The first-order valence-electron chi connectivity index (χ1n) is 4.01. The quantitative estimate of drug-likeness (QED) is 0.622. The number of nitrogens with zero attached hydrogens (tertiary/aromatic N) is 3. The highest BCUT2D eigenvalue weighted by Crippen LogP contribution is 1.90. The van der Waals surface area contributed by atoms with Crippen molar-refractivity contribution in [1.29, 1.82) is 0 Å². The summed E-state index contributed by atoms with van der Waals surface area (Å²) in [5.41, 5.74) is 6.38. The Morgan fingerprint density at radius 1 is 1.75 bits per heavy atom. The summed E-state index contributed by atoms with van der Waals surface area (Å²) in [5, 5.41) is 11.0. The largest absolute Gasteiger partial charge is 0.329 e. The second-order valence-corrected chi connectivity index (χ2v) is 2.90. The molecule has 0 saturated carbocycles. The van der Waals surface area contributed by atoms with Crippen LogP contribution in [0.4, 0.5) is 0 Å². The highest BCUT2D eigenvalue weighted by molar-refractivity contribution is 4.91. The van der Waals surface area contributed by atoms with Crippen LogP contribution in [-0.4, -0.2) is 27.6 Å². The summed E-state index contributed by atoms with van der Waals surface area (Å²) in [6, 6.07) is 0.326. The fraction of sp³-hybridized carbons (Fsp3) is 0.714. The molecule has 5 nitrogen and oxygen atoms in total. The molecule has 0 spiro atoms. The molecule has 1 aromatic heterocycles. The second-order valence-electron chi connectivity index (χ2n) is 2.90. The van der Waals surface area contributed by atoms with Crippen molar-refractivity contribution in [2.24, 2.45) is 12.8 Å². The van der Waals surface area contributed by atoms with Crippen LogP contribution in [0.2, 0.25) is 0 Å². The maximum Gasteiger partial charge on any atom is 0.0964 e. The zero-order chi connectivity index (χ0) is 8.97. The molecule has 1 rings (SSSR count). The third kappa shape index (κ3) is 2.60. The van der Waals surface area contributed by atoms with Gasteiger partial charge in [-0.3, -0.25) is 4.68 Å². The summed E-state index contributed by atoms with van der Waals surface area (Å²) >= 11 is 0. The lowest BCUT2D eigenvalue weighted by Gasteiger charge is -2.08. The van der Waals surface area contributed by atoms with E-state index in [1.165, 1.54) is 0 Å². The van der Waals surface area contributed by atoms with Gasteiger partial charge in [-0.1, -0.05) is 5.21 Å². The van der Waals surface area contributed by atoms with Gasteiger partial charge in [-0.15, -0.1) is 5.10 Å². The maximum atomic E-state index is 5.44. The van der Waals surface area contributed by atoms with E-state index in [9.17, 15) is 0 Å². The van der Waals surface area contributed by atoms with Crippen molar-refractivity contribution in [3.05, 3.63) is 11.9 Å². The van der Waals surface area contributed by atoms with Gasteiger partial charge in [0, 0.05) is 32.4 Å². The summed E-state index contributed by atoms with van der Waals surface area (Å²) in [6.45, 7) is 3.41. The normalized spacial score (nSPS) is 13.2. The number of aromatic nitrogens is 3. The summed E-state index contributed by atoms with van der Waals surface area (Å²) in [5.74, 6) is 0. The predicted molar refractivity (Wildman–Crippen MR) is 46.4 cm³/mol. The van der Waals surface area contributed by atoms with Crippen LogP contribution in [0.25, 0.3) is 0 Å². The van der Waals surface area contributed by atoms with Crippen LogP contribution in [0.5, 0.6) is 0 Å². The van der Waals surface area contributed by atoms with Crippen LogP contribution >= 0.6 is 0 Å². The van der Waals surface area contributed by atoms with Crippen molar-refractivity contribution in [2.75, 3.05) is 6.54 Å². The number of nitrogens with one attached hydrogen (secondary N) is 1. The summed E-state index contributed by atoms with van der Waals surface area (Å²) < 4.78 is 1.68. The third-order valence-electron chi connectivity index (χ3n) is 1.64. The van der Waals surface area contributed by atoms with Crippen molar-refractivity contribution in [3.8, 4) is 0 Å². The fourth-order valence-electron chi connectivity index (χ4n) is 0.838. The van der Waals surface area contributed by atoms with E-state index in [0.29, 0.717) is 12.6 Å². The molecule has 1 aromatic rings. The lowest BCUT2D eigenvalue weighted by molar-refractivity contribution is 0.550. The molecule has 0 unspecified atom stereocenters. The highest BCUT2D eigenvalue weighted by atomic mass is 15.4. The van der Waals surface area contributed by atoms with Gasteiger partial charge in [0.15, 0.2) is 0 Å². The minimum atomic E-state index is 0.326. The standard InChI is InChI=1S/C7H15N5/c1-6(3-8)9-4-7-5-12(2)11-10-7/h5-6,9H,3-4,8H2,1-2H3/t6-/m0/s1. The van der Waals surface area contributed by atoms with E-state index in [1.54, 1.807) is 4.68 Å². The SMILES string of the molecule is C[C@@H](CN)NCc1cn(C)nn1. The Kier molecular flexibility index (Phi) is 3.19. The molecular formula is C7H15N5. The summed E-state index contributed by atoms with van der Waals surface area (Å²) in [7, 11) is 1.85. The average Bonchev–Trinajstić information content (AvgIpc) is 2.47. The van der Waals surface area contributed by atoms with Gasteiger partial charge in [-0.2, -0.15) is 0 Å². The van der Waals surface area contributed by atoms with Gasteiger partial charge in [0.05, 0.1) is 5.69 Å². The van der Waals surface area contributed by atoms with E-state index in [1.807, 2.05) is 20.2 Å². The highest BCUT2D eigenvalue weighted by Gasteiger charge is 2.00. The van der Waals surface area contributed by atoms with E-state index >= 15 is 0 Å². The topological polar surface area (TPSA) is 68.8 Å². The van der Waals surface area contributed by atoms with Crippen LogP contribution < -0.4 is 11.1 Å². The number of rotatable bonds is 4. The van der Waals surface area contributed by atoms with Gasteiger partial charge >= 0.3 is 0 Å².